The molecule has 1 aromatic rings. The van der Waals surface area contributed by atoms with E-state index in [1.165, 1.54) is 6.26 Å². The highest BCUT2D eigenvalue weighted by molar-refractivity contribution is 7.90. The fourth-order valence-electron chi connectivity index (χ4n) is 2.25. The Balaban J connectivity index is 2.11. The Morgan fingerprint density at radius 1 is 1.35 bits per heavy atom. The number of hydrogen-bond acceptors (Lipinski definition) is 6. The van der Waals surface area contributed by atoms with Crippen molar-refractivity contribution in [1.29, 1.82) is 0 Å². The highest BCUT2D eigenvalue weighted by Crippen LogP contribution is 2.37. The van der Waals surface area contributed by atoms with Crippen LogP contribution in [0, 0.1) is 0 Å². The maximum atomic E-state index is 11.2. The second-order valence-corrected chi connectivity index (χ2v) is 7.12. The van der Waals surface area contributed by atoms with Crippen molar-refractivity contribution >= 4 is 9.84 Å². The molecule has 3 N–H and O–H groups in total. The summed E-state index contributed by atoms with van der Waals surface area (Å²) in [5, 5.41) is 0. The third kappa shape index (κ3) is 3.84. The number of hydrazine groups is 1. The summed E-state index contributed by atoms with van der Waals surface area (Å²) in [6, 6.07) is 5.48. The third-order valence-corrected chi connectivity index (χ3v) is 4.21. The molecule has 1 unspecified atom stereocenters. The van der Waals surface area contributed by atoms with E-state index >= 15 is 0 Å². The predicted molar refractivity (Wildman–Crippen MR) is 76.4 cm³/mol. The minimum atomic E-state index is -2.95. The Labute approximate surface area is 119 Å². The van der Waals surface area contributed by atoms with E-state index in [-0.39, 0.29) is 11.8 Å². The van der Waals surface area contributed by atoms with Crippen molar-refractivity contribution in [2.45, 2.75) is 18.9 Å². The zero-order valence-electron chi connectivity index (χ0n) is 11.5. The van der Waals surface area contributed by atoms with Crippen molar-refractivity contribution in [3.63, 3.8) is 0 Å². The van der Waals surface area contributed by atoms with Crippen LogP contribution in [0.3, 0.4) is 0 Å². The summed E-state index contributed by atoms with van der Waals surface area (Å²) in [5.74, 6) is 7.14. The van der Waals surface area contributed by atoms with Gasteiger partial charge in [-0.1, -0.05) is 12.1 Å². The quantitative estimate of drug-likeness (QED) is 0.596. The number of ether oxygens (including phenoxy) is 2. The summed E-state index contributed by atoms with van der Waals surface area (Å²) in [6.07, 6.45) is 2.39. The van der Waals surface area contributed by atoms with Gasteiger partial charge >= 0.3 is 0 Å². The van der Waals surface area contributed by atoms with Gasteiger partial charge in [0, 0.05) is 23.6 Å². The Hall–Kier alpha value is -1.31. The zero-order valence-corrected chi connectivity index (χ0v) is 12.3. The van der Waals surface area contributed by atoms with Gasteiger partial charge in [0.2, 0.25) is 0 Å². The van der Waals surface area contributed by atoms with Gasteiger partial charge in [-0.2, -0.15) is 0 Å². The van der Waals surface area contributed by atoms with E-state index in [2.05, 4.69) is 5.43 Å². The molecule has 7 heteroatoms. The number of benzene rings is 1. The molecule has 1 aliphatic rings. The van der Waals surface area contributed by atoms with Crippen LogP contribution in [0.2, 0.25) is 0 Å². The highest BCUT2D eigenvalue weighted by atomic mass is 32.2. The molecule has 1 aromatic carbocycles. The van der Waals surface area contributed by atoms with Gasteiger partial charge in [-0.05, 0) is 18.9 Å². The molecule has 1 heterocycles. The van der Waals surface area contributed by atoms with Crippen LogP contribution in [-0.4, -0.2) is 33.6 Å². The summed E-state index contributed by atoms with van der Waals surface area (Å²) in [5.41, 5.74) is 3.63. The van der Waals surface area contributed by atoms with Crippen LogP contribution >= 0.6 is 0 Å². The molecule has 0 fully saturated rings. The zero-order chi connectivity index (χ0) is 14.6. The van der Waals surface area contributed by atoms with E-state index in [4.69, 9.17) is 15.3 Å². The van der Waals surface area contributed by atoms with Crippen molar-refractivity contribution in [2.75, 3.05) is 25.2 Å². The van der Waals surface area contributed by atoms with Crippen LogP contribution in [-0.2, 0) is 9.84 Å². The van der Waals surface area contributed by atoms with Crippen LogP contribution in [0.15, 0.2) is 18.2 Å². The lowest BCUT2D eigenvalue weighted by molar-refractivity contribution is 0.168. The molecule has 2 rings (SSSR count). The number of para-hydroxylation sites is 1. The average molecular weight is 300 g/mol. The average Bonchev–Trinajstić information content (AvgIpc) is 2.42. The molecule has 1 atom stereocenters. The maximum absolute atomic E-state index is 11.2. The third-order valence-electron chi connectivity index (χ3n) is 3.18. The molecular weight excluding hydrogens is 280 g/mol. The van der Waals surface area contributed by atoms with E-state index in [0.29, 0.717) is 37.6 Å². The number of sulfone groups is 1. The fraction of sp³-hybridized carbons (Fsp3) is 0.538. The summed E-state index contributed by atoms with van der Waals surface area (Å²) in [4.78, 5) is 0. The van der Waals surface area contributed by atoms with Gasteiger partial charge in [0.15, 0.2) is 11.5 Å². The van der Waals surface area contributed by atoms with Crippen molar-refractivity contribution in [3.8, 4) is 11.5 Å². The summed E-state index contributed by atoms with van der Waals surface area (Å²) < 4.78 is 33.5. The van der Waals surface area contributed by atoms with Crippen LogP contribution in [0.4, 0.5) is 0 Å². The number of nitrogens with one attached hydrogen (secondary N) is 1. The fourth-order valence-corrected chi connectivity index (χ4v) is 2.94. The predicted octanol–water partition coefficient (Wildman–Crippen LogP) is 0.787. The molecular formula is C13H20N2O4S. The van der Waals surface area contributed by atoms with Gasteiger partial charge in [-0.15, -0.1) is 0 Å². The Bertz CT molecular complexity index is 559. The second kappa shape index (κ2) is 6.43. The topological polar surface area (TPSA) is 90.7 Å². The van der Waals surface area contributed by atoms with E-state index in [1.807, 2.05) is 18.2 Å². The Morgan fingerprint density at radius 3 is 2.80 bits per heavy atom. The minimum absolute atomic E-state index is 0.150. The maximum Gasteiger partial charge on any atom is 0.166 e. The van der Waals surface area contributed by atoms with E-state index < -0.39 is 9.84 Å². The van der Waals surface area contributed by atoms with Gasteiger partial charge in [0.25, 0.3) is 0 Å². The van der Waals surface area contributed by atoms with Crippen LogP contribution in [0.25, 0.3) is 0 Å². The van der Waals surface area contributed by atoms with Crippen LogP contribution < -0.4 is 20.7 Å². The number of nitrogens with two attached hydrogens (primary N) is 1. The van der Waals surface area contributed by atoms with E-state index in [1.54, 1.807) is 0 Å². The van der Waals surface area contributed by atoms with E-state index in [0.717, 1.165) is 5.56 Å². The molecule has 0 amide bonds. The molecule has 0 radical (unpaired) electrons. The van der Waals surface area contributed by atoms with Crippen molar-refractivity contribution < 1.29 is 17.9 Å². The molecule has 1 aliphatic heterocycles. The number of hydrogen-bond donors (Lipinski definition) is 2. The first-order valence-electron chi connectivity index (χ1n) is 6.53. The standard InChI is InChI=1S/C13H20N2O4S/c1-20(16,17)9-3-5-11(15-14)10-4-2-6-12-13(10)19-8-7-18-12/h2,4,6,11,15H,3,5,7-9,14H2,1H3. The van der Waals surface area contributed by atoms with Gasteiger partial charge in [-0.3, -0.25) is 11.3 Å². The molecule has 0 bridgehead atoms. The number of rotatable bonds is 6. The van der Waals surface area contributed by atoms with Crippen LogP contribution in [0.5, 0.6) is 11.5 Å². The summed E-state index contributed by atoms with van der Waals surface area (Å²) in [7, 11) is -2.95. The largest absolute Gasteiger partial charge is 0.486 e. The molecule has 0 aliphatic carbocycles. The van der Waals surface area contributed by atoms with Gasteiger partial charge in [0.05, 0.1) is 0 Å². The molecule has 0 saturated carbocycles. The summed E-state index contributed by atoms with van der Waals surface area (Å²) in [6.45, 7) is 1.04. The first-order valence-corrected chi connectivity index (χ1v) is 8.59. The molecule has 20 heavy (non-hydrogen) atoms. The highest BCUT2D eigenvalue weighted by Gasteiger charge is 2.21. The lowest BCUT2D eigenvalue weighted by Crippen LogP contribution is -2.29. The molecule has 6 nitrogen and oxygen atoms in total. The summed E-state index contributed by atoms with van der Waals surface area (Å²) >= 11 is 0. The SMILES string of the molecule is CS(=O)(=O)CCCC(NN)c1cccc2c1OCCO2. The molecule has 0 aromatic heterocycles. The molecule has 112 valence electrons. The number of fused-ring (bicyclic) bond motifs is 1. The first-order chi connectivity index (χ1) is 9.51. The first kappa shape index (κ1) is 15.1. The van der Waals surface area contributed by atoms with Crippen molar-refractivity contribution in [2.24, 2.45) is 5.84 Å². The lowest BCUT2D eigenvalue weighted by Gasteiger charge is -2.25. The van der Waals surface area contributed by atoms with Gasteiger partial charge < -0.3 is 9.47 Å². The Kier molecular flexibility index (Phi) is 4.85. The minimum Gasteiger partial charge on any atom is -0.486 e. The second-order valence-electron chi connectivity index (χ2n) is 4.86. The lowest BCUT2D eigenvalue weighted by atomic mass is 10.0. The monoisotopic (exact) mass is 300 g/mol. The Morgan fingerprint density at radius 2 is 2.10 bits per heavy atom. The molecule has 0 spiro atoms. The normalized spacial score (nSPS) is 15.9. The smallest absolute Gasteiger partial charge is 0.166 e. The van der Waals surface area contributed by atoms with Crippen LogP contribution in [0.1, 0.15) is 24.4 Å². The van der Waals surface area contributed by atoms with Gasteiger partial charge in [0.1, 0.15) is 23.1 Å². The van der Waals surface area contributed by atoms with E-state index in [9.17, 15) is 8.42 Å². The molecule has 0 saturated heterocycles. The van der Waals surface area contributed by atoms with Gasteiger partial charge in [-0.25, -0.2) is 8.42 Å². The van der Waals surface area contributed by atoms with Crippen molar-refractivity contribution in [1.82, 2.24) is 5.43 Å². The van der Waals surface area contributed by atoms with Crippen molar-refractivity contribution in [3.05, 3.63) is 23.8 Å².